The third-order valence-electron chi connectivity index (χ3n) is 4.89. The molecule has 0 atom stereocenters. The van der Waals surface area contributed by atoms with Crippen LogP contribution in [0.5, 0.6) is 17.2 Å². The van der Waals surface area contributed by atoms with E-state index in [1.54, 1.807) is 38.5 Å². The number of methoxy groups -OCH3 is 2. The number of nitrogens with zero attached hydrogens (tertiary/aromatic N) is 2. The number of ether oxygens (including phenoxy) is 3. The van der Waals surface area contributed by atoms with Gasteiger partial charge in [0.1, 0.15) is 23.9 Å². The second-order valence-electron chi connectivity index (χ2n) is 6.96. The average Bonchev–Trinajstić information content (AvgIpc) is 3.14. The summed E-state index contributed by atoms with van der Waals surface area (Å²) in [4.78, 5) is 25.7. The quantitative estimate of drug-likeness (QED) is 0.347. The molecule has 0 amide bonds. The van der Waals surface area contributed by atoms with E-state index in [-0.39, 0.29) is 36.1 Å². The van der Waals surface area contributed by atoms with Gasteiger partial charge in [0.15, 0.2) is 5.69 Å². The van der Waals surface area contributed by atoms with Gasteiger partial charge in [0.05, 0.1) is 19.8 Å². The van der Waals surface area contributed by atoms with Gasteiger partial charge in [-0.15, -0.1) is 0 Å². The van der Waals surface area contributed by atoms with Crippen LogP contribution in [-0.4, -0.2) is 19.0 Å². The zero-order valence-electron chi connectivity index (χ0n) is 18.6. The molecule has 0 saturated carbocycles. The fourth-order valence-corrected chi connectivity index (χ4v) is 3.36. The van der Waals surface area contributed by atoms with Crippen LogP contribution in [0.1, 0.15) is 11.1 Å². The minimum atomic E-state index is -0.900. The first-order valence-corrected chi connectivity index (χ1v) is 9.84. The molecule has 0 aliphatic heterocycles. The van der Waals surface area contributed by atoms with E-state index in [2.05, 4.69) is 4.98 Å². The van der Waals surface area contributed by atoms with Gasteiger partial charge in [0.25, 0.3) is 0 Å². The number of rotatable bonds is 8. The van der Waals surface area contributed by atoms with E-state index in [1.165, 1.54) is 0 Å². The molecule has 0 aliphatic carbocycles. The van der Waals surface area contributed by atoms with Crippen molar-refractivity contribution in [3.05, 3.63) is 98.9 Å². The van der Waals surface area contributed by atoms with Crippen molar-refractivity contribution in [2.75, 3.05) is 14.2 Å². The largest absolute Gasteiger partial charge is 1.00 e. The summed E-state index contributed by atoms with van der Waals surface area (Å²) in [6, 6.07) is 20.8. The van der Waals surface area contributed by atoms with Gasteiger partial charge < -0.3 is 23.7 Å². The summed E-state index contributed by atoms with van der Waals surface area (Å²) < 4.78 is 22.6. The summed E-state index contributed by atoms with van der Waals surface area (Å²) in [5.41, 5.74) is 2.90. The van der Waals surface area contributed by atoms with Crippen molar-refractivity contribution in [2.24, 2.45) is 0 Å². The molecule has 1 aromatic heterocycles. The zero-order chi connectivity index (χ0) is 22.5. The minimum absolute atomic E-state index is 0. The van der Waals surface area contributed by atoms with Crippen LogP contribution in [0.2, 0.25) is 0 Å². The van der Waals surface area contributed by atoms with Crippen LogP contribution in [0.15, 0.2) is 80.8 Å². The number of hydrogen-bond donors (Lipinski definition) is 0. The smallest absolute Gasteiger partial charge is 0.496 e. The Morgan fingerprint density at radius 1 is 0.879 bits per heavy atom. The second kappa shape index (κ2) is 11.1. The molecular weight excluding hydrogens is 435 g/mol. The first kappa shape index (κ1) is 24.4. The number of aromatic nitrogens is 2. The third kappa shape index (κ3) is 5.78. The van der Waals surface area contributed by atoms with Crippen molar-refractivity contribution in [3.63, 3.8) is 0 Å². The van der Waals surface area contributed by atoms with Gasteiger partial charge >= 0.3 is 35.3 Å². The van der Waals surface area contributed by atoms with Crippen molar-refractivity contribution >= 4 is 0 Å². The third-order valence-corrected chi connectivity index (χ3v) is 4.89. The zero-order valence-corrected chi connectivity index (χ0v) is 20.6. The van der Waals surface area contributed by atoms with E-state index in [4.69, 9.17) is 18.7 Å². The predicted molar refractivity (Wildman–Crippen MR) is 117 cm³/mol. The molecule has 164 valence electrons. The van der Waals surface area contributed by atoms with Crippen LogP contribution in [0.4, 0.5) is 0 Å². The summed E-state index contributed by atoms with van der Waals surface area (Å²) in [6.07, 6.45) is 0. The molecule has 0 aliphatic rings. The SMILES string of the molecule is COc1cccc(OC)c1-c1cccc(COc2ccc(Cn3oc(=O)[n-]c3=O)cc2)c1.[Na+]. The monoisotopic (exact) mass is 456 g/mol. The molecule has 33 heavy (non-hydrogen) atoms. The molecule has 0 fully saturated rings. The fourth-order valence-electron chi connectivity index (χ4n) is 3.36. The normalized spacial score (nSPS) is 10.4. The maximum atomic E-state index is 11.5. The van der Waals surface area contributed by atoms with Gasteiger partial charge in [-0.05, 0) is 47.0 Å². The van der Waals surface area contributed by atoms with E-state index < -0.39 is 11.4 Å². The summed E-state index contributed by atoms with van der Waals surface area (Å²) >= 11 is 0. The van der Waals surface area contributed by atoms with Gasteiger partial charge in [-0.3, -0.25) is 9.53 Å². The van der Waals surface area contributed by atoms with Crippen molar-refractivity contribution in [1.29, 1.82) is 0 Å². The van der Waals surface area contributed by atoms with Gasteiger partial charge in [0.2, 0.25) is 0 Å². The molecule has 0 spiro atoms. The van der Waals surface area contributed by atoms with E-state index in [1.807, 2.05) is 42.5 Å². The predicted octanol–water partition coefficient (Wildman–Crippen LogP) is 0.0742. The molecule has 1 heterocycles. The first-order valence-electron chi connectivity index (χ1n) is 9.84. The molecule has 4 aromatic rings. The van der Waals surface area contributed by atoms with Crippen LogP contribution in [-0.2, 0) is 13.2 Å². The Morgan fingerprint density at radius 2 is 1.55 bits per heavy atom. The van der Waals surface area contributed by atoms with E-state index in [0.717, 1.165) is 38.5 Å². The maximum Gasteiger partial charge on any atom is 1.00 e. The van der Waals surface area contributed by atoms with E-state index in [0.29, 0.717) is 12.4 Å². The van der Waals surface area contributed by atoms with Crippen molar-refractivity contribution in [1.82, 2.24) is 9.72 Å². The van der Waals surface area contributed by atoms with E-state index >= 15 is 0 Å². The molecule has 8 nitrogen and oxygen atoms in total. The molecule has 0 bridgehead atoms. The Balaban J connectivity index is 0.00000306. The van der Waals surface area contributed by atoms with Crippen LogP contribution in [0.25, 0.3) is 11.1 Å². The molecule has 0 N–H and O–H groups in total. The summed E-state index contributed by atoms with van der Waals surface area (Å²) in [5, 5.41) is 0. The molecular formula is C24H21N2NaO6. The minimum Gasteiger partial charge on any atom is -0.496 e. The van der Waals surface area contributed by atoms with Crippen LogP contribution in [0.3, 0.4) is 0 Å². The maximum absolute atomic E-state index is 11.5. The van der Waals surface area contributed by atoms with E-state index in [9.17, 15) is 9.59 Å². The van der Waals surface area contributed by atoms with Crippen molar-refractivity contribution in [3.8, 4) is 28.4 Å². The molecule has 0 saturated heterocycles. The average molecular weight is 456 g/mol. The Morgan fingerprint density at radius 3 is 2.15 bits per heavy atom. The number of benzene rings is 3. The Hall–Kier alpha value is -3.20. The number of hydrogen-bond acceptors (Lipinski definition) is 6. The standard InChI is InChI=1S/C24H22N2O6.Na/c1-29-20-7-4-8-21(30-2)22(20)18-6-3-5-17(13-18)15-31-19-11-9-16(10-12-19)14-26-23(27)25-24(28)32-26;/h3-13H,14-15H2,1-2H3,(H,25,27,28);/q;+1/p-1. The van der Waals surface area contributed by atoms with Crippen molar-refractivity contribution < 1.29 is 48.3 Å². The van der Waals surface area contributed by atoms with Crippen molar-refractivity contribution in [2.45, 2.75) is 13.2 Å². The second-order valence-corrected chi connectivity index (χ2v) is 6.96. The molecule has 9 heteroatoms. The van der Waals surface area contributed by atoms with Crippen LogP contribution in [0, 0.1) is 0 Å². The Bertz CT molecular complexity index is 1300. The van der Waals surface area contributed by atoms with Crippen LogP contribution >= 0.6 is 0 Å². The first-order chi connectivity index (χ1) is 15.6. The molecule has 0 unspecified atom stereocenters. The fraction of sp³-hybridized carbons (Fsp3) is 0.167. The van der Waals surface area contributed by atoms with Gasteiger partial charge in [-0.25, -0.2) is 4.79 Å². The molecule has 0 radical (unpaired) electrons. The topological polar surface area (TPSA) is 94.0 Å². The molecule has 3 aromatic carbocycles. The van der Waals surface area contributed by atoms with Crippen LogP contribution < -0.4 is 60.2 Å². The summed E-state index contributed by atoms with van der Waals surface area (Å²) in [5.74, 6) is 1.23. The summed E-state index contributed by atoms with van der Waals surface area (Å²) in [6.45, 7) is 0.489. The van der Waals surface area contributed by atoms with Gasteiger partial charge in [0, 0.05) is 6.54 Å². The Labute approximate surface area is 212 Å². The Kier molecular flexibility index (Phi) is 8.21. The summed E-state index contributed by atoms with van der Waals surface area (Å²) in [7, 11) is 3.26. The molecule has 4 rings (SSSR count). The van der Waals surface area contributed by atoms with Gasteiger partial charge in [-0.2, -0.15) is 0 Å². The van der Waals surface area contributed by atoms with Gasteiger partial charge in [-0.1, -0.05) is 36.4 Å².